The van der Waals surface area contributed by atoms with Crippen molar-refractivity contribution >= 4 is 23.2 Å². The zero-order chi connectivity index (χ0) is 14.7. The third-order valence-electron chi connectivity index (χ3n) is 2.76. The molecule has 5 nitrogen and oxygen atoms in total. The second-order valence-electron chi connectivity index (χ2n) is 4.52. The number of hydrogen-bond acceptors (Lipinski definition) is 4. The summed E-state index contributed by atoms with van der Waals surface area (Å²) in [5, 5.41) is 3.22. The Hall–Kier alpha value is -2.01. The van der Waals surface area contributed by atoms with Gasteiger partial charge in [-0.3, -0.25) is 4.79 Å². The Kier molecular flexibility index (Phi) is 4.29. The minimum Gasteiger partial charge on any atom is -0.495 e. The van der Waals surface area contributed by atoms with Crippen LogP contribution in [0.2, 0.25) is 5.02 Å². The first-order chi connectivity index (χ1) is 9.52. The summed E-state index contributed by atoms with van der Waals surface area (Å²) in [5.74, 6) is 0.429. The van der Waals surface area contributed by atoms with Crippen LogP contribution in [0.4, 0.5) is 5.69 Å². The Morgan fingerprint density at radius 2 is 2.20 bits per heavy atom. The van der Waals surface area contributed by atoms with Crippen LogP contribution in [0.1, 0.15) is 36.0 Å². The zero-order valence-corrected chi connectivity index (χ0v) is 12.2. The van der Waals surface area contributed by atoms with E-state index >= 15 is 0 Å². The van der Waals surface area contributed by atoms with Gasteiger partial charge in [-0.15, -0.1) is 0 Å². The SMILES string of the molecule is COc1ccc(Cl)cc1NC(=O)c1ocnc1C(C)C. The van der Waals surface area contributed by atoms with Crippen molar-refractivity contribution in [1.82, 2.24) is 4.98 Å². The first-order valence-electron chi connectivity index (χ1n) is 6.11. The van der Waals surface area contributed by atoms with Crippen molar-refractivity contribution in [2.45, 2.75) is 19.8 Å². The van der Waals surface area contributed by atoms with E-state index in [0.29, 0.717) is 22.2 Å². The van der Waals surface area contributed by atoms with Gasteiger partial charge in [-0.2, -0.15) is 0 Å². The number of aromatic nitrogens is 1. The van der Waals surface area contributed by atoms with Crippen LogP contribution >= 0.6 is 11.6 Å². The molecule has 1 heterocycles. The molecule has 20 heavy (non-hydrogen) atoms. The van der Waals surface area contributed by atoms with Crippen molar-refractivity contribution in [2.75, 3.05) is 12.4 Å². The topological polar surface area (TPSA) is 64.4 Å². The average Bonchev–Trinajstić information content (AvgIpc) is 2.88. The fraction of sp³-hybridized carbons (Fsp3) is 0.286. The number of nitrogens with zero attached hydrogens (tertiary/aromatic N) is 1. The number of carbonyl (C=O) groups is 1. The fourth-order valence-electron chi connectivity index (χ4n) is 1.79. The fourth-order valence-corrected chi connectivity index (χ4v) is 1.97. The molecule has 2 aromatic rings. The van der Waals surface area contributed by atoms with Crippen molar-refractivity contribution in [2.24, 2.45) is 0 Å². The third kappa shape index (κ3) is 2.93. The number of ether oxygens (including phenoxy) is 1. The minimum absolute atomic E-state index is 0.0933. The lowest BCUT2D eigenvalue weighted by molar-refractivity contribution is 0.0994. The number of anilines is 1. The predicted molar refractivity (Wildman–Crippen MR) is 76.5 cm³/mol. The van der Waals surface area contributed by atoms with Gasteiger partial charge in [0.2, 0.25) is 5.76 Å². The molecule has 0 fully saturated rings. The van der Waals surface area contributed by atoms with Gasteiger partial charge in [0.1, 0.15) is 5.75 Å². The molecule has 106 valence electrons. The lowest BCUT2D eigenvalue weighted by Gasteiger charge is -2.10. The third-order valence-corrected chi connectivity index (χ3v) is 2.99. The number of nitrogens with one attached hydrogen (secondary N) is 1. The van der Waals surface area contributed by atoms with E-state index in [2.05, 4.69) is 10.3 Å². The number of oxazole rings is 1. The van der Waals surface area contributed by atoms with E-state index in [-0.39, 0.29) is 17.6 Å². The van der Waals surface area contributed by atoms with Crippen molar-refractivity contribution in [1.29, 1.82) is 0 Å². The van der Waals surface area contributed by atoms with E-state index in [4.69, 9.17) is 20.8 Å². The number of amides is 1. The maximum Gasteiger partial charge on any atom is 0.293 e. The normalized spacial score (nSPS) is 10.7. The molecule has 1 N–H and O–H groups in total. The Morgan fingerprint density at radius 3 is 2.85 bits per heavy atom. The molecule has 2 rings (SSSR count). The number of rotatable bonds is 4. The first-order valence-corrected chi connectivity index (χ1v) is 6.49. The summed E-state index contributed by atoms with van der Waals surface area (Å²) >= 11 is 5.92. The van der Waals surface area contributed by atoms with Crippen LogP contribution in [-0.2, 0) is 0 Å². The molecule has 1 amide bonds. The number of hydrogen-bond donors (Lipinski definition) is 1. The summed E-state index contributed by atoms with van der Waals surface area (Å²) in [7, 11) is 1.52. The molecule has 0 radical (unpaired) electrons. The van der Waals surface area contributed by atoms with E-state index in [0.717, 1.165) is 0 Å². The van der Waals surface area contributed by atoms with Crippen LogP contribution in [-0.4, -0.2) is 18.0 Å². The van der Waals surface area contributed by atoms with Crippen molar-refractivity contribution in [3.05, 3.63) is 41.1 Å². The highest BCUT2D eigenvalue weighted by atomic mass is 35.5. The molecule has 0 saturated carbocycles. The molecule has 0 aliphatic rings. The van der Waals surface area contributed by atoms with Gasteiger partial charge in [-0.25, -0.2) is 4.98 Å². The summed E-state index contributed by atoms with van der Waals surface area (Å²) in [6.07, 6.45) is 1.26. The van der Waals surface area contributed by atoms with Crippen LogP contribution < -0.4 is 10.1 Å². The molecule has 0 atom stereocenters. The zero-order valence-electron chi connectivity index (χ0n) is 11.4. The summed E-state index contributed by atoms with van der Waals surface area (Å²) in [6.45, 7) is 3.88. The van der Waals surface area contributed by atoms with E-state index < -0.39 is 0 Å². The van der Waals surface area contributed by atoms with Gasteiger partial charge in [-0.05, 0) is 24.1 Å². The van der Waals surface area contributed by atoms with Crippen molar-refractivity contribution in [3.63, 3.8) is 0 Å². The maximum absolute atomic E-state index is 12.2. The Morgan fingerprint density at radius 1 is 1.45 bits per heavy atom. The molecule has 0 saturated heterocycles. The number of halogens is 1. The van der Waals surface area contributed by atoms with Crippen LogP contribution in [0.15, 0.2) is 29.0 Å². The lowest BCUT2D eigenvalue weighted by atomic mass is 10.1. The molecule has 0 aliphatic heterocycles. The molecular weight excluding hydrogens is 280 g/mol. The van der Waals surface area contributed by atoms with Crippen molar-refractivity contribution in [3.8, 4) is 5.75 Å². The van der Waals surface area contributed by atoms with E-state index in [1.165, 1.54) is 13.5 Å². The van der Waals surface area contributed by atoms with Crippen molar-refractivity contribution < 1.29 is 13.9 Å². The summed E-state index contributed by atoms with van der Waals surface area (Å²) < 4.78 is 10.3. The van der Waals surface area contributed by atoms with Gasteiger partial charge in [0.25, 0.3) is 5.91 Å². The van der Waals surface area contributed by atoms with Gasteiger partial charge in [0.15, 0.2) is 6.39 Å². The van der Waals surface area contributed by atoms with Crippen LogP contribution in [0.3, 0.4) is 0 Å². The van der Waals surface area contributed by atoms with Gasteiger partial charge in [0, 0.05) is 5.02 Å². The second-order valence-corrected chi connectivity index (χ2v) is 4.96. The van der Waals surface area contributed by atoms with Gasteiger partial charge in [0.05, 0.1) is 18.5 Å². The highest BCUT2D eigenvalue weighted by molar-refractivity contribution is 6.31. The number of benzene rings is 1. The molecule has 1 aromatic heterocycles. The number of carbonyl (C=O) groups excluding carboxylic acids is 1. The predicted octanol–water partition coefficient (Wildman–Crippen LogP) is 3.71. The maximum atomic E-state index is 12.2. The Labute approximate surface area is 121 Å². The van der Waals surface area contributed by atoms with E-state index in [1.54, 1.807) is 18.2 Å². The van der Waals surface area contributed by atoms with E-state index in [1.807, 2.05) is 13.8 Å². The molecule has 0 aliphatic carbocycles. The summed E-state index contributed by atoms with van der Waals surface area (Å²) in [6, 6.07) is 4.98. The minimum atomic E-state index is -0.383. The molecule has 1 aromatic carbocycles. The van der Waals surface area contributed by atoms with E-state index in [9.17, 15) is 4.79 Å². The van der Waals surface area contributed by atoms with Crippen LogP contribution in [0, 0.1) is 0 Å². The Balaban J connectivity index is 2.28. The highest BCUT2D eigenvalue weighted by Gasteiger charge is 2.20. The van der Waals surface area contributed by atoms with Crippen LogP contribution in [0.25, 0.3) is 0 Å². The second kappa shape index (κ2) is 5.96. The first kappa shape index (κ1) is 14.4. The largest absolute Gasteiger partial charge is 0.495 e. The van der Waals surface area contributed by atoms with Gasteiger partial charge >= 0.3 is 0 Å². The van der Waals surface area contributed by atoms with Gasteiger partial charge in [-0.1, -0.05) is 25.4 Å². The standard InChI is InChI=1S/C14H15ClN2O3/c1-8(2)12-13(20-7-16-12)14(18)17-10-6-9(15)4-5-11(10)19-3/h4-8H,1-3H3,(H,17,18). The lowest BCUT2D eigenvalue weighted by Crippen LogP contribution is -2.14. The molecular formula is C14H15ClN2O3. The molecule has 0 bridgehead atoms. The summed E-state index contributed by atoms with van der Waals surface area (Å²) in [5.41, 5.74) is 1.10. The molecule has 0 unspecified atom stereocenters. The molecule has 0 spiro atoms. The average molecular weight is 295 g/mol. The summed E-state index contributed by atoms with van der Waals surface area (Å²) in [4.78, 5) is 16.3. The molecule has 6 heteroatoms. The number of methoxy groups -OCH3 is 1. The Bertz CT molecular complexity index is 623. The van der Waals surface area contributed by atoms with Gasteiger partial charge < -0.3 is 14.5 Å². The quantitative estimate of drug-likeness (QED) is 0.933. The monoisotopic (exact) mass is 294 g/mol. The smallest absolute Gasteiger partial charge is 0.293 e. The highest BCUT2D eigenvalue weighted by Crippen LogP contribution is 2.28. The van der Waals surface area contributed by atoms with Crippen LogP contribution in [0.5, 0.6) is 5.75 Å².